The van der Waals surface area contributed by atoms with Crippen molar-refractivity contribution in [1.82, 2.24) is 0 Å². The number of rotatable bonds is 4. The number of hydrogen-bond acceptors (Lipinski definition) is 6. The van der Waals surface area contributed by atoms with Crippen LogP contribution in [0.25, 0.3) is 6.08 Å². The van der Waals surface area contributed by atoms with E-state index in [1.165, 1.54) is 19.3 Å². The molecule has 1 aliphatic heterocycles. The highest BCUT2D eigenvalue weighted by molar-refractivity contribution is 6.12. The Bertz CT molecular complexity index is 837. The van der Waals surface area contributed by atoms with Gasteiger partial charge < -0.3 is 19.3 Å². The summed E-state index contributed by atoms with van der Waals surface area (Å²) in [6, 6.07) is 11.8. The van der Waals surface area contributed by atoms with E-state index in [-0.39, 0.29) is 17.3 Å². The summed E-state index contributed by atoms with van der Waals surface area (Å²) >= 11 is 0. The summed E-state index contributed by atoms with van der Waals surface area (Å²) in [5, 5.41) is 9.79. The Morgan fingerprint density at radius 1 is 1.08 bits per heavy atom. The molecule has 2 aromatic carbocycles. The van der Waals surface area contributed by atoms with Crippen molar-refractivity contribution in [3.63, 3.8) is 0 Å². The van der Waals surface area contributed by atoms with E-state index in [2.05, 4.69) is 4.99 Å². The van der Waals surface area contributed by atoms with E-state index in [1.807, 2.05) is 0 Å². The maximum Gasteiger partial charge on any atom is 0.363 e. The van der Waals surface area contributed by atoms with E-state index in [4.69, 9.17) is 14.2 Å². The first-order valence-corrected chi connectivity index (χ1v) is 7.14. The third-order valence-electron chi connectivity index (χ3n) is 3.46. The number of aromatic hydroxyl groups is 1. The molecule has 24 heavy (non-hydrogen) atoms. The van der Waals surface area contributed by atoms with Crippen molar-refractivity contribution in [2.75, 3.05) is 14.2 Å². The zero-order chi connectivity index (χ0) is 17.1. The van der Waals surface area contributed by atoms with Crippen LogP contribution in [0.2, 0.25) is 0 Å². The van der Waals surface area contributed by atoms with Crippen molar-refractivity contribution >= 4 is 17.9 Å². The van der Waals surface area contributed by atoms with E-state index >= 15 is 0 Å². The highest BCUT2D eigenvalue weighted by atomic mass is 16.6. The van der Waals surface area contributed by atoms with E-state index < -0.39 is 5.97 Å². The van der Waals surface area contributed by atoms with Crippen molar-refractivity contribution in [2.24, 2.45) is 4.99 Å². The molecule has 0 atom stereocenters. The predicted molar refractivity (Wildman–Crippen MR) is 88.3 cm³/mol. The molecule has 0 saturated carbocycles. The van der Waals surface area contributed by atoms with Gasteiger partial charge in [-0.1, -0.05) is 6.07 Å². The standard InChI is InChI=1S/C18H15NO5/c1-22-13-6-4-12(5-7-13)17-19-14(18(21)24-17)9-11-3-8-16(23-2)15(20)10-11/h3-10,20H,1-2H3/b14-9+. The number of cyclic esters (lactones) is 1. The number of carbonyl (C=O) groups is 1. The van der Waals surface area contributed by atoms with Crippen molar-refractivity contribution in [3.8, 4) is 17.2 Å². The molecule has 0 spiro atoms. The highest BCUT2D eigenvalue weighted by Gasteiger charge is 2.24. The minimum atomic E-state index is -0.545. The van der Waals surface area contributed by atoms with Gasteiger partial charge in [0.25, 0.3) is 0 Å². The Labute approximate surface area is 138 Å². The summed E-state index contributed by atoms with van der Waals surface area (Å²) in [5.74, 6) is 0.724. The molecule has 2 aromatic rings. The van der Waals surface area contributed by atoms with Crippen molar-refractivity contribution < 1.29 is 24.1 Å². The SMILES string of the molecule is COc1ccc(C2=N/C(=C/c3ccc(OC)c(O)c3)C(=O)O2)cc1. The molecule has 3 rings (SSSR count). The van der Waals surface area contributed by atoms with Gasteiger partial charge in [0.2, 0.25) is 5.90 Å². The fourth-order valence-electron chi connectivity index (χ4n) is 2.22. The lowest BCUT2D eigenvalue weighted by Crippen LogP contribution is -2.05. The zero-order valence-corrected chi connectivity index (χ0v) is 13.1. The molecule has 0 aromatic heterocycles. The average Bonchev–Trinajstić information content (AvgIpc) is 2.96. The number of methoxy groups -OCH3 is 2. The van der Waals surface area contributed by atoms with Gasteiger partial charge in [-0.25, -0.2) is 9.79 Å². The molecule has 0 fully saturated rings. The van der Waals surface area contributed by atoms with Crippen LogP contribution in [0.5, 0.6) is 17.2 Å². The normalized spacial score (nSPS) is 15.2. The van der Waals surface area contributed by atoms with Crippen LogP contribution in [0.15, 0.2) is 53.2 Å². The molecule has 1 aliphatic rings. The summed E-state index contributed by atoms with van der Waals surface area (Å²) < 4.78 is 15.3. The first-order valence-electron chi connectivity index (χ1n) is 7.14. The minimum Gasteiger partial charge on any atom is -0.504 e. The molecule has 1 heterocycles. The van der Waals surface area contributed by atoms with Crippen LogP contribution in [0, 0.1) is 0 Å². The third kappa shape index (κ3) is 3.08. The smallest absolute Gasteiger partial charge is 0.363 e. The summed E-state index contributed by atoms with van der Waals surface area (Å²) in [6.45, 7) is 0. The van der Waals surface area contributed by atoms with Crippen LogP contribution in [0.3, 0.4) is 0 Å². The van der Waals surface area contributed by atoms with Crippen LogP contribution in [-0.4, -0.2) is 31.2 Å². The van der Waals surface area contributed by atoms with Gasteiger partial charge >= 0.3 is 5.97 Å². The molecule has 6 heteroatoms. The number of phenolic OH excluding ortho intramolecular Hbond substituents is 1. The maximum absolute atomic E-state index is 12.0. The molecule has 6 nitrogen and oxygen atoms in total. The van der Waals surface area contributed by atoms with Gasteiger partial charge in [-0.3, -0.25) is 0 Å². The van der Waals surface area contributed by atoms with Gasteiger partial charge in [0.05, 0.1) is 14.2 Å². The summed E-state index contributed by atoms with van der Waals surface area (Å²) in [4.78, 5) is 16.2. The fraction of sp³-hybridized carbons (Fsp3) is 0.111. The molecule has 0 saturated heterocycles. The van der Waals surface area contributed by atoms with Gasteiger partial charge in [-0.05, 0) is 48.0 Å². The fourth-order valence-corrected chi connectivity index (χ4v) is 2.22. The van der Waals surface area contributed by atoms with Crippen LogP contribution in [0.1, 0.15) is 11.1 Å². The molecular weight excluding hydrogens is 310 g/mol. The number of carbonyl (C=O) groups excluding carboxylic acids is 1. The van der Waals surface area contributed by atoms with Gasteiger partial charge in [0.15, 0.2) is 17.2 Å². The lowest BCUT2D eigenvalue weighted by Gasteiger charge is -2.03. The van der Waals surface area contributed by atoms with Crippen LogP contribution in [0.4, 0.5) is 0 Å². The Morgan fingerprint density at radius 2 is 1.83 bits per heavy atom. The Kier molecular flexibility index (Phi) is 4.20. The number of aliphatic imine (C=N–C) groups is 1. The monoisotopic (exact) mass is 325 g/mol. The number of ether oxygens (including phenoxy) is 3. The number of nitrogens with zero attached hydrogens (tertiary/aromatic N) is 1. The van der Waals surface area contributed by atoms with Gasteiger partial charge in [-0.2, -0.15) is 0 Å². The van der Waals surface area contributed by atoms with E-state index in [1.54, 1.807) is 43.5 Å². The zero-order valence-electron chi connectivity index (χ0n) is 13.1. The molecular formula is C18H15NO5. The molecule has 0 radical (unpaired) electrons. The molecule has 0 amide bonds. The lowest BCUT2D eigenvalue weighted by molar-refractivity contribution is -0.129. The summed E-state index contributed by atoms with van der Waals surface area (Å²) in [7, 11) is 3.04. The largest absolute Gasteiger partial charge is 0.504 e. The second-order valence-electron chi connectivity index (χ2n) is 5.00. The first kappa shape index (κ1) is 15.6. The number of hydrogen-bond donors (Lipinski definition) is 1. The maximum atomic E-state index is 12.0. The Balaban J connectivity index is 1.89. The Morgan fingerprint density at radius 3 is 2.46 bits per heavy atom. The number of benzene rings is 2. The van der Waals surface area contributed by atoms with Crippen LogP contribution in [-0.2, 0) is 9.53 Å². The molecule has 0 unspecified atom stereocenters. The van der Waals surface area contributed by atoms with Crippen LogP contribution >= 0.6 is 0 Å². The minimum absolute atomic E-state index is 0.0161. The third-order valence-corrected chi connectivity index (χ3v) is 3.46. The summed E-state index contributed by atoms with van der Waals surface area (Å²) in [5.41, 5.74) is 1.44. The molecule has 0 bridgehead atoms. The van der Waals surface area contributed by atoms with Gasteiger partial charge in [-0.15, -0.1) is 0 Å². The number of phenols is 1. The second-order valence-corrected chi connectivity index (χ2v) is 5.00. The van der Waals surface area contributed by atoms with E-state index in [0.717, 1.165) is 0 Å². The lowest BCUT2D eigenvalue weighted by atomic mass is 10.1. The van der Waals surface area contributed by atoms with E-state index in [9.17, 15) is 9.90 Å². The molecule has 122 valence electrons. The average molecular weight is 325 g/mol. The highest BCUT2D eigenvalue weighted by Crippen LogP contribution is 2.28. The van der Waals surface area contributed by atoms with Crippen molar-refractivity contribution in [2.45, 2.75) is 0 Å². The van der Waals surface area contributed by atoms with Crippen molar-refractivity contribution in [1.29, 1.82) is 0 Å². The summed E-state index contributed by atoms with van der Waals surface area (Å²) in [6.07, 6.45) is 1.54. The van der Waals surface area contributed by atoms with Crippen molar-refractivity contribution in [3.05, 3.63) is 59.3 Å². The number of esters is 1. The van der Waals surface area contributed by atoms with Crippen LogP contribution < -0.4 is 9.47 Å². The first-order chi connectivity index (χ1) is 11.6. The Hall–Kier alpha value is -3.28. The van der Waals surface area contributed by atoms with Gasteiger partial charge in [0.1, 0.15) is 5.75 Å². The van der Waals surface area contributed by atoms with E-state index in [0.29, 0.717) is 22.6 Å². The molecule has 0 aliphatic carbocycles. The topological polar surface area (TPSA) is 77.4 Å². The second kappa shape index (κ2) is 6.45. The predicted octanol–water partition coefficient (Wildman–Crippen LogP) is 2.75. The van der Waals surface area contributed by atoms with Gasteiger partial charge in [0, 0.05) is 5.56 Å². The molecule has 1 N–H and O–H groups in total. The quantitative estimate of drug-likeness (QED) is 0.691.